The van der Waals surface area contributed by atoms with Gasteiger partial charge in [0.2, 0.25) is 0 Å². The van der Waals surface area contributed by atoms with Gasteiger partial charge in [-0.2, -0.15) is 0 Å². The summed E-state index contributed by atoms with van der Waals surface area (Å²) in [5.74, 6) is 1.40. The Morgan fingerprint density at radius 2 is 2.27 bits per heavy atom. The van der Waals surface area contributed by atoms with Crippen molar-refractivity contribution in [3.8, 4) is 0 Å². The van der Waals surface area contributed by atoms with Crippen molar-refractivity contribution in [2.24, 2.45) is 5.92 Å². The number of rotatable bonds is 3. The highest BCUT2D eigenvalue weighted by Crippen LogP contribution is 2.28. The van der Waals surface area contributed by atoms with E-state index in [2.05, 4.69) is 24.1 Å². The second-order valence-corrected chi connectivity index (χ2v) is 6.38. The number of urea groups is 1. The normalized spacial score (nSPS) is 18.9. The van der Waals surface area contributed by atoms with Crippen molar-refractivity contribution >= 4 is 17.1 Å². The summed E-state index contributed by atoms with van der Waals surface area (Å²) in [5, 5.41) is 2.99. The molecule has 0 bridgehead atoms. The van der Waals surface area contributed by atoms with E-state index >= 15 is 0 Å². The predicted molar refractivity (Wildman–Crippen MR) is 85.8 cm³/mol. The van der Waals surface area contributed by atoms with Crippen molar-refractivity contribution in [3.63, 3.8) is 0 Å². The van der Waals surface area contributed by atoms with E-state index in [1.807, 2.05) is 29.2 Å². The topological polar surface area (TPSA) is 58.4 Å². The maximum absolute atomic E-state index is 12.2. The molecular weight excluding hydrogens is 278 g/mol. The first-order valence-electron chi connectivity index (χ1n) is 8.01. The van der Waals surface area contributed by atoms with Gasteiger partial charge in [-0.3, -0.25) is 0 Å². The molecule has 1 aromatic heterocycles. The second-order valence-electron chi connectivity index (χ2n) is 6.38. The van der Waals surface area contributed by atoms with Gasteiger partial charge in [0, 0.05) is 19.6 Å². The van der Waals surface area contributed by atoms with E-state index in [1.165, 1.54) is 0 Å². The van der Waals surface area contributed by atoms with Gasteiger partial charge < -0.3 is 14.6 Å². The molecule has 22 heavy (non-hydrogen) atoms. The monoisotopic (exact) mass is 301 g/mol. The number of oxazole rings is 1. The van der Waals surface area contributed by atoms with Crippen LogP contribution in [0.4, 0.5) is 4.79 Å². The molecule has 2 heterocycles. The quantitative estimate of drug-likeness (QED) is 0.945. The molecule has 5 nitrogen and oxygen atoms in total. The molecule has 3 rings (SSSR count). The molecule has 5 heteroatoms. The third-order valence-corrected chi connectivity index (χ3v) is 4.03. The number of nitrogens with zero attached hydrogens (tertiary/aromatic N) is 2. The van der Waals surface area contributed by atoms with E-state index in [0.717, 1.165) is 36.4 Å². The molecule has 2 aromatic rings. The second kappa shape index (κ2) is 6.38. The lowest BCUT2D eigenvalue weighted by atomic mass is 9.98. The fraction of sp³-hybridized carbons (Fsp3) is 0.529. The van der Waals surface area contributed by atoms with Crippen LogP contribution in [-0.4, -0.2) is 35.5 Å². The molecule has 1 N–H and O–H groups in total. The van der Waals surface area contributed by atoms with Gasteiger partial charge in [0.1, 0.15) is 5.52 Å². The number of piperidine rings is 1. The molecule has 0 spiro atoms. The Labute approximate surface area is 130 Å². The van der Waals surface area contributed by atoms with Crippen LogP contribution in [-0.2, 0) is 0 Å². The van der Waals surface area contributed by atoms with Gasteiger partial charge in [0.05, 0.1) is 5.92 Å². The van der Waals surface area contributed by atoms with E-state index in [4.69, 9.17) is 4.42 Å². The minimum absolute atomic E-state index is 0.0227. The molecule has 1 unspecified atom stereocenters. The summed E-state index contributed by atoms with van der Waals surface area (Å²) in [6.45, 7) is 6.38. The summed E-state index contributed by atoms with van der Waals surface area (Å²) in [7, 11) is 0. The summed E-state index contributed by atoms with van der Waals surface area (Å²) in [5.41, 5.74) is 1.71. The maximum Gasteiger partial charge on any atom is 0.317 e. The van der Waals surface area contributed by atoms with Gasteiger partial charge in [-0.25, -0.2) is 9.78 Å². The third kappa shape index (κ3) is 3.24. The highest BCUT2D eigenvalue weighted by molar-refractivity contribution is 5.74. The molecule has 1 aliphatic rings. The molecule has 1 aromatic carbocycles. The summed E-state index contributed by atoms with van der Waals surface area (Å²) >= 11 is 0. The molecule has 1 saturated heterocycles. The number of nitrogens with one attached hydrogen (secondary N) is 1. The van der Waals surface area contributed by atoms with E-state index in [9.17, 15) is 4.79 Å². The number of fused-ring (bicyclic) bond motifs is 1. The van der Waals surface area contributed by atoms with Crippen molar-refractivity contribution in [2.75, 3.05) is 19.6 Å². The lowest BCUT2D eigenvalue weighted by Crippen LogP contribution is -2.45. The number of carbonyl (C=O) groups excluding carboxylic acids is 1. The molecule has 1 atom stereocenters. The summed E-state index contributed by atoms with van der Waals surface area (Å²) in [6, 6.07) is 7.82. The van der Waals surface area contributed by atoms with Crippen LogP contribution in [0.1, 0.15) is 38.5 Å². The number of para-hydroxylation sites is 2. The summed E-state index contributed by atoms with van der Waals surface area (Å²) < 4.78 is 5.86. The SMILES string of the molecule is CC(C)CNC(=O)N1CCCC(c2nc3ccccc3o2)C1. The van der Waals surface area contributed by atoms with Crippen LogP contribution in [0.15, 0.2) is 28.7 Å². The third-order valence-electron chi connectivity index (χ3n) is 4.03. The Kier molecular flexibility index (Phi) is 4.32. The first-order chi connectivity index (χ1) is 10.6. The minimum atomic E-state index is 0.0227. The minimum Gasteiger partial charge on any atom is -0.440 e. The molecule has 1 aliphatic heterocycles. The van der Waals surface area contributed by atoms with Crippen molar-refractivity contribution in [3.05, 3.63) is 30.2 Å². The largest absolute Gasteiger partial charge is 0.440 e. The Morgan fingerprint density at radius 1 is 1.45 bits per heavy atom. The highest BCUT2D eigenvalue weighted by atomic mass is 16.3. The first kappa shape index (κ1) is 14.9. The molecule has 118 valence electrons. The lowest BCUT2D eigenvalue weighted by Gasteiger charge is -2.31. The van der Waals surface area contributed by atoms with E-state index in [0.29, 0.717) is 19.0 Å². The van der Waals surface area contributed by atoms with Gasteiger partial charge in [0.15, 0.2) is 11.5 Å². The van der Waals surface area contributed by atoms with Crippen molar-refractivity contribution in [2.45, 2.75) is 32.6 Å². The Morgan fingerprint density at radius 3 is 3.05 bits per heavy atom. The number of hydrogen-bond acceptors (Lipinski definition) is 3. The Bertz CT molecular complexity index is 617. The number of benzene rings is 1. The number of likely N-dealkylation sites (tertiary alicyclic amines) is 1. The number of carbonyl (C=O) groups is 1. The zero-order valence-electron chi connectivity index (χ0n) is 13.2. The van der Waals surface area contributed by atoms with Crippen LogP contribution in [0.2, 0.25) is 0 Å². The molecule has 0 aliphatic carbocycles. The fourth-order valence-electron chi connectivity index (χ4n) is 2.83. The highest BCUT2D eigenvalue weighted by Gasteiger charge is 2.28. The van der Waals surface area contributed by atoms with E-state index in [-0.39, 0.29) is 11.9 Å². The standard InChI is InChI=1S/C17H23N3O2/c1-12(2)10-18-17(21)20-9-5-6-13(11-20)16-19-14-7-3-4-8-15(14)22-16/h3-4,7-8,12-13H,5-6,9-11H2,1-2H3,(H,18,21). The van der Waals surface area contributed by atoms with Crippen LogP contribution >= 0.6 is 0 Å². The van der Waals surface area contributed by atoms with Gasteiger partial charge in [-0.05, 0) is 30.9 Å². The number of hydrogen-bond donors (Lipinski definition) is 1. The number of aromatic nitrogens is 1. The zero-order chi connectivity index (χ0) is 15.5. The smallest absolute Gasteiger partial charge is 0.317 e. The van der Waals surface area contributed by atoms with Crippen molar-refractivity contribution in [1.82, 2.24) is 15.2 Å². The molecule has 0 saturated carbocycles. The van der Waals surface area contributed by atoms with Crippen LogP contribution in [0, 0.1) is 5.92 Å². The molecular formula is C17H23N3O2. The van der Waals surface area contributed by atoms with Gasteiger partial charge in [-0.15, -0.1) is 0 Å². The van der Waals surface area contributed by atoms with Crippen molar-refractivity contribution < 1.29 is 9.21 Å². The van der Waals surface area contributed by atoms with E-state index in [1.54, 1.807) is 0 Å². The zero-order valence-corrected chi connectivity index (χ0v) is 13.2. The van der Waals surface area contributed by atoms with Crippen LogP contribution in [0.25, 0.3) is 11.1 Å². The molecule has 1 fully saturated rings. The maximum atomic E-state index is 12.2. The number of amides is 2. The van der Waals surface area contributed by atoms with E-state index < -0.39 is 0 Å². The van der Waals surface area contributed by atoms with Gasteiger partial charge in [-0.1, -0.05) is 26.0 Å². The van der Waals surface area contributed by atoms with Gasteiger partial charge >= 0.3 is 6.03 Å². The van der Waals surface area contributed by atoms with Crippen LogP contribution in [0.5, 0.6) is 0 Å². The lowest BCUT2D eigenvalue weighted by molar-refractivity contribution is 0.174. The predicted octanol–water partition coefficient (Wildman–Crippen LogP) is 3.37. The Hall–Kier alpha value is -2.04. The van der Waals surface area contributed by atoms with Gasteiger partial charge in [0.25, 0.3) is 0 Å². The Balaban J connectivity index is 1.68. The summed E-state index contributed by atoms with van der Waals surface area (Å²) in [6.07, 6.45) is 2.00. The average molecular weight is 301 g/mol. The average Bonchev–Trinajstić information content (AvgIpc) is 2.96. The summed E-state index contributed by atoms with van der Waals surface area (Å²) in [4.78, 5) is 18.7. The molecule has 2 amide bonds. The van der Waals surface area contributed by atoms with Crippen LogP contribution < -0.4 is 5.32 Å². The first-order valence-corrected chi connectivity index (χ1v) is 8.01. The fourth-order valence-corrected chi connectivity index (χ4v) is 2.83. The molecule has 0 radical (unpaired) electrons. The van der Waals surface area contributed by atoms with Crippen molar-refractivity contribution in [1.29, 1.82) is 0 Å². The van der Waals surface area contributed by atoms with Crippen LogP contribution in [0.3, 0.4) is 0 Å².